The van der Waals surface area contributed by atoms with Crippen LogP contribution in [0.1, 0.15) is 49.5 Å². The molecule has 0 spiro atoms. The van der Waals surface area contributed by atoms with E-state index >= 15 is 0 Å². The van der Waals surface area contributed by atoms with Gasteiger partial charge in [0.15, 0.2) is 0 Å². The number of nitrogens with zero attached hydrogens (tertiary/aromatic N) is 3. The molecule has 4 nitrogen and oxygen atoms in total. The van der Waals surface area contributed by atoms with Crippen molar-refractivity contribution >= 4 is 27.4 Å². The molecule has 2 aromatic heterocycles. The van der Waals surface area contributed by atoms with Crippen molar-refractivity contribution in [1.82, 2.24) is 14.9 Å². The Morgan fingerprint density at radius 1 is 1.27 bits per heavy atom. The van der Waals surface area contributed by atoms with Crippen molar-refractivity contribution in [1.29, 1.82) is 0 Å². The number of nitrogens with one attached hydrogen (secondary N) is 1. The first-order valence-corrected chi connectivity index (χ1v) is 10.5. The number of thiophene rings is 1. The van der Waals surface area contributed by atoms with Gasteiger partial charge in [0.05, 0.1) is 5.39 Å². The predicted octanol–water partition coefficient (Wildman–Crippen LogP) is 4.10. The van der Waals surface area contributed by atoms with Crippen molar-refractivity contribution in [2.45, 2.75) is 64.0 Å². The van der Waals surface area contributed by atoms with Gasteiger partial charge < -0.3 is 10.2 Å². The maximum atomic E-state index is 5.83. The van der Waals surface area contributed by atoms with Crippen LogP contribution in [0.25, 0.3) is 10.2 Å². The average Bonchev–Trinajstić information content (AvgIpc) is 3.00. The van der Waals surface area contributed by atoms with E-state index in [1.54, 1.807) is 6.33 Å². The summed E-state index contributed by atoms with van der Waals surface area (Å²) in [6.45, 7) is 2.21. The van der Waals surface area contributed by atoms with Gasteiger partial charge in [-0.05, 0) is 71.5 Å². The highest BCUT2D eigenvalue weighted by atomic mass is 32.1. The lowest BCUT2D eigenvalue weighted by atomic mass is 9.75. The fraction of sp³-hybridized carbons (Fsp3) is 0.619. The van der Waals surface area contributed by atoms with E-state index in [2.05, 4.69) is 47.1 Å². The molecular weight excluding hydrogens is 340 g/mol. The van der Waals surface area contributed by atoms with Crippen molar-refractivity contribution in [3.05, 3.63) is 16.8 Å². The first kappa shape index (κ1) is 17.8. The summed E-state index contributed by atoms with van der Waals surface area (Å²) < 4.78 is 0. The topological polar surface area (TPSA) is 41.1 Å². The van der Waals surface area contributed by atoms with E-state index in [9.17, 15) is 0 Å². The van der Waals surface area contributed by atoms with Gasteiger partial charge in [-0.3, -0.25) is 0 Å². The zero-order valence-corrected chi connectivity index (χ0v) is 16.8. The van der Waals surface area contributed by atoms with E-state index in [-0.39, 0.29) is 5.41 Å². The summed E-state index contributed by atoms with van der Waals surface area (Å²) in [6.07, 6.45) is 15.5. The lowest BCUT2D eigenvalue weighted by molar-refractivity contribution is 0.221. The number of fused-ring (bicyclic) bond motifs is 3. The number of hydrogen-bond donors (Lipinski definition) is 1. The Balaban J connectivity index is 1.61. The minimum atomic E-state index is -0.0438. The molecule has 4 rings (SSSR count). The van der Waals surface area contributed by atoms with Gasteiger partial charge in [-0.25, -0.2) is 9.97 Å². The van der Waals surface area contributed by atoms with Gasteiger partial charge in [0.25, 0.3) is 0 Å². The molecular formula is C21H28N4S. The summed E-state index contributed by atoms with van der Waals surface area (Å²) in [7, 11) is 4.37. The monoisotopic (exact) mass is 368 g/mol. The smallest absolute Gasteiger partial charge is 0.138 e. The van der Waals surface area contributed by atoms with Crippen LogP contribution in [-0.2, 0) is 12.8 Å². The third-order valence-corrected chi connectivity index (χ3v) is 7.46. The quantitative estimate of drug-likeness (QED) is 0.828. The summed E-state index contributed by atoms with van der Waals surface area (Å²) in [5, 5.41) is 4.98. The van der Waals surface area contributed by atoms with Crippen molar-refractivity contribution in [2.75, 3.05) is 19.4 Å². The van der Waals surface area contributed by atoms with E-state index in [1.165, 1.54) is 41.5 Å². The standard InChI is InChI=1S/C21H28N4S/c1-5-21(2)11-10-17-16(12-21)18-19(22-13-23-20(18)26-17)24-14-6-8-15(9-7-14)25(3)4/h1,13-15H,6-12H2,2-4H3,(H,22,23,24). The highest BCUT2D eigenvalue weighted by Gasteiger charge is 2.32. The van der Waals surface area contributed by atoms with Crippen LogP contribution in [0.2, 0.25) is 0 Å². The van der Waals surface area contributed by atoms with E-state index < -0.39 is 0 Å². The molecule has 1 unspecified atom stereocenters. The molecule has 0 radical (unpaired) electrons. The first-order valence-electron chi connectivity index (χ1n) is 9.65. The van der Waals surface area contributed by atoms with Gasteiger partial charge in [-0.15, -0.1) is 17.8 Å². The SMILES string of the molecule is C#CC1(C)CCc2sc3ncnc(NC4CCC(N(C)C)CC4)c3c2C1. The Hall–Kier alpha value is -1.64. The summed E-state index contributed by atoms with van der Waals surface area (Å²) >= 11 is 1.83. The molecule has 0 saturated heterocycles. The number of hydrogen-bond acceptors (Lipinski definition) is 5. The first-order chi connectivity index (χ1) is 12.5. The number of terminal acetylenes is 1. The molecule has 0 bridgehead atoms. The molecule has 1 atom stereocenters. The molecule has 0 amide bonds. The molecule has 1 fully saturated rings. The van der Waals surface area contributed by atoms with Gasteiger partial charge in [0.1, 0.15) is 17.0 Å². The fourth-order valence-corrected chi connectivity index (χ4v) is 5.61. The lowest BCUT2D eigenvalue weighted by Gasteiger charge is -2.33. The summed E-state index contributed by atoms with van der Waals surface area (Å²) in [5.41, 5.74) is 1.35. The zero-order chi connectivity index (χ0) is 18.3. The molecule has 138 valence electrons. The van der Waals surface area contributed by atoms with Crippen LogP contribution >= 0.6 is 11.3 Å². The summed E-state index contributed by atoms with van der Waals surface area (Å²) in [6, 6.07) is 1.21. The second-order valence-electron chi connectivity index (χ2n) is 8.40. The summed E-state index contributed by atoms with van der Waals surface area (Å²) in [5.74, 6) is 4.05. The van der Waals surface area contributed by atoms with Gasteiger partial charge >= 0.3 is 0 Å². The Bertz CT molecular complexity index is 842. The number of aryl methyl sites for hydroxylation is 1. The molecule has 2 aliphatic rings. The molecule has 5 heteroatoms. The van der Waals surface area contributed by atoms with Gasteiger partial charge in [-0.2, -0.15) is 0 Å². The number of anilines is 1. The highest BCUT2D eigenvalue weighted by molar-refractivity contribution is 7.19. The Morgan fingerprint density at radius 3 is 2.73 bits per heavy atom. The minimum Gasteiger partial charge on any atom is -0.367 e. The molecule has 2 heterocycles. The van der Waals surface area contributed by atoms with Crippen LogP contribution in [0.5, 0.6) is 0 Å². The molecule has 0 aliphatic heterocycles. The van der Waals surface area contributed by atoms with Crippen LogP contribution in [-0.4, -0.2) is 41.0 Å². The molecule has 1 N–H and O–H groups in total. The predicted molar refractivity (Wildman–Crippen MR) is 110 cm³/mol. The van der Waals surface area contributed by atoms with Crippen molar-refractivity contribution in [2.24, 2.45) is 5.41 Å². The van der Waals surface area contributed by atoms with E-state index in [0.29, 0.717) is 12.1 Å². The van der Waals surface area contributed by atoms with Crippen molar-refractivity contribution < 1.29 is 0 Å². The molecule has 2 aliphatic carbocycles. The van der Waals surface area contributed by atoms with E-state index in [1.807, 2.05) is 11.3 Å². The summed E-state index contributed by atoms with van der Waals surface area (Å²) in [4.78, 5) is 14.1. The molecule has 0 aromatic carbocycles. The number of rotatable bonds is 3. The van der Waals surface area contributed by atoms with Gasteiger partial charge in [-0.1, -0.05) is 5.92 Å². The molecule has 26 heavy (non-hydrogen) atoms. The minimum absolute atomic E-state index is 0.0438. The van der Waals surface area contributed by atoms with Crippen molar-refractivity contribution in [3.8, 4) is 12.3 Å². The van der Waals surface area contributed by atoms with Crippen LogP contribution in [0.4, 0.5) is 5.82 Å². The van der Waals surface area contributed by atoms with E-state index in [0.717, 1.165) is 29.9 Å². The van der Waals surface area contributed by atoms with Crippen molar-refractivity contribution in [3.63, 3.8) is 0 Å². The zero-order valence-electron chi connectivity index (χ0n) is 16.0. The Kier molecular flexibility index (Phi) is 4.66. The van der Waals surface area contributed by atoms with E-state index in [4.69, 9.17) is 6.42 Å². The Morgan fingerprint density at radius 2 is 2.04 bits per heavy atom. The molecule has 1 saturated carbocycles. The lowest BCUT2D eigenvalue weighted by Crippen LogP contribution is -2.36. The van der Waals surface area contributed by atoms with Crippen LogP contribution in [0, 0.1) is 17.8 Å². The van der Waals surface area contributed by atoms with Crippen LogP contribution < -0.4 is 5.32 Å². The third kappa shape index (κ3) is 3.21. The average molecular weight is 369 g/mol. The van der Waals surface area contributed by atoms with Crippen LogP contribution in [0.3, 0.4) is 0 Å². The number of aromatic nitrogens is 2. The maximum Gasteiger partial charge on any atom is 0.138 e. The molecule has 2 aromatic rings. The second-order valence-corrected chi connectivity index (χ2v) is 9.49. The normalized spacial score (nSPS) is 28.7. The fourth-order valence-electron chi connectivity index (χ4n) is 4.46. The Labute approximate surface area is 160 Å². The largest absolute Gasteiger partial charge is 0.367 e. The van der Waals surface area contributed by atoms with Gasteiger partial charge in [0.2, 0.25) is 0 Å². The second kappa shape index (κ2) is 6.83. The van der Waals surface area contributed by atoms with Crippen LogP contribution in [0.15, 0.2) is 6.33 Å². The third-order valence-electron chi connectivity index (χ3n) is 6.26. The highest BCUT2D eigenvalue weighted by Crippen LogP contribution is 2.44. The van der Waals surface area contributed by atoms with Gasteiger partial charge in [0, 0.05) is 22.4 Å². The maximum absolute atomic E-state index is 5.83.